The van der Waals surface area contributed by atoms with Crippen molar-refractivity contribution in [3.05, 3.63) is 5.90 Å². The molecule has 0 aromatic rings. The van der Waals surface area contributed by atoms with E-state index in [0.29, 0.717) is 0 Å². The van der Waals surface area contributed by atoms with Gasteiger partial charge in [-0.25, -0.2) is 0 Å². The fraction of sp³-hybridized carbons (Fsp3) is 0.875. The molecule has 0 spiro atoms. The largest absolute Gasteiger partial charge is 0.336 e. The van der Waals surface area contributed by atoms with Gasteiger partial charge >= 0.3 is 0 Å². The van der Waals surface area contributed by atoms with E-state index in [2.05, 4.69) is 0 Å². The lowest BCUT2D eigenvalue weighted by atomic mass is 10.5. The van der Waals surface area contributed by atoms with Gasteiger partial charge in [0.1, 0.15) is 0 Å². The van der Waals surface area contributed by atoms with Crippen LogP contribution in [-0.4, -0.2) is 19.3 Å². The van der Waals surface area contributed by atoms with Crippen LogP contribution in [0.1, 0.15) is 27.7 Å². The van der Waals surface area contributed by atoms with Gasteiger partial charge in [-0.1, -0.05) is 11.2 Å². The van der Waals surface area contributed by atoms with Crippen LogP contribution in [0.4, 0.5) is 0 Å². The molecule has 0 fully saturated rings. The minimum Gasteiger partial charge on any atom is -0.336 e. The minimum absolute atomic E-state index is 0.173. The third-order valence-electron chi connectivity index (χ3n) is 1.25. The van der Waals surface area contributed by atoms with Crippen LogP contribution in [0.3, 0.4) is 0 Å². The fourth-order valence-corrected chi connectivity index (χ4v) is 5.86. The fourth-order valence-electron chi connectivity index (χ4n) is 0.947. The maximum Gasteiger partial charge on any atom is 0.197 e. The second-order valence-electron chi connectivity index (χ2n) is 3.17. The lowest BCUT2D eigenvalue weighted by Gasteiger charge is -2.30. The molecule has 0 aliphatic heterocycles. The highest BCUT2D eigenvalue weighted by atomic mass is 35.7. The molecule has 98 valence electrons. The van der Waals surface area contributed by atoms with E-state index in [4.69, 9.17) is 24.8 Å². The molecule has 16 heavy (non-hydrogen) atoms. The summed E-state index contributed by atoms with van der Waals surface area (Å²) in [6.45, 7) is 3.41. The molecule has 0 heterocycles. The second-order valence-corrected chi connectivity index (χ2v) is 8.35. The normalized spacial score (nSPS) is 16.4. The molecule has 0 aromatic heterocycles. The van der Waals surface area contributed by atoms with Gasteiger partial charge in [-0.15, -0.1) is 5.90 Å². The van der Waals surface area contributed by atoms with Crippen molar-refractivity contribution < 1.29 is 22.7 Å². The molecule has 8 heteroatoms. The maximum atomic E-state index is 12.0. The van der Waals surface area contributed by atoms with Crippen LogP contribution in [0.5, 0.6) is 0 Å². The van der Waals surface area contributed by atoms with E-state index in [0.717, 1.165) is 5.90 Å². The van der Waals surface area contributed by atoms with E-state index in [1.807, 2.05) is 0 Å². The van der Waals surface area contributed by atoms with Gasteiger partial charge in [-0.05, 0) is 27.7 Å². The molecule has 0 N–H and O–H groups in total. The molecule has 0 rings (SSSR count). The van der Waals surface area contributed by atoms with Gasteiger partial charge < -0.3 is 18.1 Å². The van der Waals surface area contributed by atoms with Gasteiger partial charge in [0.05, 0.1) is 19.3 Å². The molecule has 5 nitrogen and oxygen atoms in total. The Labute approximate surface area is 102 Å². The van der Waals surface area contributed by atoms with E-state index in [-0.39, 0.29) is 19.3 Å². The zero-order valence-electron chi connectivity index (χ0n) is 9.88. The van der Waals surface area contributed by atoms with Crippen molar-refractivity contribution in [1.29, 1.82) is 0 Å². The molecule has 0 aromatic carbocycles. The summed E-state index contributed by atoms with van der Waals surface area (Å²) in [6, 6.07) is 0. The summed E-state index contributed by atoms with van der Waals surface area (Å²) in [5.41, 5.74) is 0. The first-order valence-corrected chi connectivity index (χ1v) is 9.19. The molecule has 0 saturated carbocycles. The predicted octanol–water partition coefficient (Wildman–Crippen LogP) is 4.23. The third-order valence-corrected chi connectivity index (χ3v) is 6.46. The summed E-state index contributed by atoms with van der Waals surface area (Å²) in [7, 11) is -3.54. The van der Waals surface area contributed by atoms with Crippen molar-refractivity contribution in [3.63, 3.8) is 0 Å². The zero-order chi connectivity index (χ0) is 12.8. The Kier molecular flexibility index (Phi) is 7.43. The van der Waals surface area contributed by atoms with Crippen molar-refractivity contribution in [2.24, 2.45) is 0 Å². The van der Waals surface area contributed by atoms with E-state index in [1.54, 1.807) is 27.7 Å². The Hall–Kier alpha value is 0.630. The van der Waals surface area contributed by atoms with Gasteiger partial charge in [-0.3, -0.25) is 4.57 Å². The number of hydrogen-bond acceptors (Lipinski definition) is 5. The Morgan fingerprint density at radius 3 is 1.94 bits per heavy atom. The van der Waals surface area contributed by atoms with E-state index < -0.39 is 14.3 Å². The lowest BCUT2D eigenvalue weighted by molar-refractivity contribution is 0.224. The van der Waals surface area contributed by atoms with Crippen molar-refractivity contribution in [2.75, 3.05) is 13.2 Å². The molecule has 0 amide bonds. The molecule has 0 bridgehead atoms. The molecule has 0 radical (unpaired) electrons. The van der Waals surface area contributed by atoms with Gasteiger partial charge in [-0.2, -0.15) is 0 Å². The Bertz CT molecular complexity index is 284. The monoisotopic (exact) mass is 291 g/mol. The number of hydrogen-bond donors (Lipinski definition) is 0. The summed E-state index contributed by atoms with van der Waals surface area (Å²) in [5, 5.41) is 0. The summed E-state index contributed by atoms with van der Waals surface area (Å²) >= 11 is 5.63. The number of halogens is 1. The van der Waals surface area contributed by atoms with Gasteiger partial charge in [0.15, 0.2) is 14.3 Å². The molecule has 1 unspecified atom stereocenters. The highest BCUT2D eigenvalue weighted by molar-refractivity contribution is 7.94. The molecule has 0 saturated heterocycles. The third kappa shape index (κ3) is 7.05. The predicted molar refractivity (Wildman–Crippen MR) is 64.8 cm³/mol. The standard InChI is InChI=1S/C8H18ClO5P2/c1-5-12-16(11,13-6-2)7-15(9,10)14-8(3)4/h7-8H,5-6H2,1-4H3/q-1. The summed E-state index contributed by atoms with van der Waals surface area (Å²) < 4.78 is 38.5. The van der Waals surface area contributed by atoms with E-state index in [9.17, 15) is 9.13 Å². The maximum absolute atomic E-state index is 12.0. The summed E-state index contributed by atoms with van der Waals surface area (Å²) in [5.74, 6) is 0.856. The molecule has 0 aliphatic carbocycles. The highest BCUT2D eigenvalue weighted by Gasteiger charge is 2.24. The lowest BCUT2D eigenvalue weighted by Crippen LogP contribution is -2.01. The molecule has 0 aliphatic rings. The van der Waals surface area contributed by atoms with E-state index in [1.165, 1.54) is 0 Å². The van der Waals surface area contributed by atoms with Crippen LogP contribution >= 0.6 is 25.6 Å². The molecule has 1 atom stereocenters. The second kappa shape index (κ2) is 7.15. The van der Waals surface area contributed by atoms with Crippen LogP contribution in [0.15, 0.2) is 0 Å². The van der Waals surface area contributed by atoms with Crippen molar-refractivity contribution in [2.45, 2.75) is 33.8 Å². The summed E-state index contributed by atoms with van der Waals surface area (Å²) in [6.07, 6.45) is -0.337. The average molecular weight is 292 g/mol. The van der Waals surface area contributed by atoms with Gasteiger partial charge in [0.25, 0.3) is 0 Å². The average Bonchev–Trinajstić information content (AvgIpc) is 1.99. The SMILES string of the molecule is CCOP(=O)([CH-]P(=O)(Cl)OC(C)C)OCC. The van der Waals surface area contributed by atoms with Crippen LogP contribution in [-0.2, 0) is 22.7 Å². The minimum atomic E-state index is -3.60. The Morgan fingerprint density at radius 1 is 1.19 bits per heavy atom. The van der Waals surface area contributed by atoms with Crippen LogP contribution in [0.25, 0.3) is 0 Å². The van der Waals surface area contributed by atoms with Crippen molar-refractivity contribution >= 4 is 25.6 Å². The highest BCUT2D eigenvalue weighted by Crippen LogP contribution is 2.70. The summed E-state index contributed by atoms with van der Waals surface area (Å²) in [4.78, 5) is 0. The van der Waals surface area contributed by atoms with Crippen LogP contribution in [0.2, 0.25) is 0 Å². The molecular formula is C8H18ClO5P2-. The quantitative estimate of drug-likeness (QED) is 0.495. The van der Waals surface area contributed by atoms with Crippen LogP contribution < -0.4 is 0 Å². The van der Waals surface area contributed by atoms with Gasteiger partial charge in [0, 0.05) is 0 Å². The van der Waals surface area contributed by atoms with Gasteiger partial charge in [0.2, 0.25) is 0 Å². The zero-order valence-corrected chi connectivity index (χ0v) is 12.4. The van der Waals surface area contributed by atoms with Crippen molar-refractivity contribution in [1.82, 2.24) is 0 Å². The first-order chi connectivity index (χ1) is 7.24. The van der Waals surface area contributed by atoms with E-state index >= 15 is 0 Å². The van der Waals surface area contributed by atoms with Crippen molar-refractivity contribution in [3.8, 4) is 0 Å². The first-order valence-electron chi connectivity index (χ1n) is 4.98. The Balaban J connectivity index is 4.61. The topological polar surface area (TPSA) is 61.8 Å². The number of rotatable bonds is 8. The first kappa shape index (κ1) is 16.6. The smallest absolute Gasteiger partial charge is 0.197 e. The Morgan fingerprint density at radius 2 is 1.62 bits per heavy atom. The van der Waals surface area contributed by atoms with Crippen LogP contribution in [0, 0.1) is 5.90 Å². The molecular weight excluding hydrogens is 273 g/mol.